The molecule has 0 spiro atoms. The monoisotopic (exact) mass is 378 g/mol. The van der Waals surface area contributed by atoms with Crippen LogP contribution in [0.25, 0.3) is 0 Å². The molecule has 1 heterocycles. The van der Waals surface area contributed by atoms with Crippen LogP contribution in [0.15, 0.2) is 42.5 Å². The van der Waals surface area contributed by atoms with E-state index in [9.17, 15) is 4.79 Å². The second-order valence-electron chi connectivity index (χ2n) is 6.08. The Bertz CT molecular complexity index is 767. The predicted octanol–water partition coefficient (Wildman–Crippen LogP) is 4.78. The minimum Gasteiger partial charge on any atom is -0.497 e. The van der Waals surface area contributed by atoms with Gasteiger partial charge >= 0.3 is 0 Å². The highest BCUT2D eigenvalue weighted by atomic mass is 35.5. The molecule has 1 saturated heterocycles. The maximum atomic E-state index is 12.4. The zero-order valence-electron chi connectivity index (χ0n) is 14.0. The molecule has 3 rings (SSSR count). The van der Waals surface area contributed by atoms with E-state index in [0.29, 0.717) is 22.3 Å². The van der Waals surface area contributed by atoms with Crippen molar-refractivity contribution in [2.75, 3.05) is 25.5 Å². The summed E-state index contributed by atoms with van der Waals surface area (Å²) in [6.07, 6.45) is 2.10. The molecule has 1 amide bonds. The summed E-state index contributed by atoms with van der Waals surface area (Å²) in [6.45, 7) is 1.21. The quantitative estimate of drug-likeness (QED) is 0.813. The number of methoxy groups -OCH3 is 1. The van der Waals surface area contributed by atoms with Crippen LogP contribution < -0.4 is 10.1 Å². The average molecular weight is 379 g/mol. The van der Waals surface area contributed by atoms with Crippen LogP contribution in [0, 0.1) is 0 Å². The van der Waals surface area contributed by atoms with Crippen molar-refractivity contribution in [3.8, 4) is 5.75 Å². The van der Waals surface area contributed by atoms with Crippen molar-refractivity contribution in [1.29, 1.82) is 0 Å². The first-order valence-corrected chi connectivity index (χ1v) is 8.95. The van der Waals surface area contributed by atoms with E-state index < -0.39 is 0 Å². The van der Waals surface area contributed by atoms with Gasteiger partial charge in [0.25, 0.3) is 0 Å². The smallest absolute Gasteiger partial charge is 0.238 e. The lowest BCUT2D eigenvalue weighted by molar-refractivity contribution is -0.117. The van der Waals surface area contributed by atoms with E-state index in [2.05, 4.69) is 16.3 Å². The molecule has 1 N–H and O–H groups in total. The van der Waals surface area contributed by atoms with Gasteiger partial charge in [-0.05, 0) is 55.3 Å². The lowest BCUT2D eigenvalue weighted by Gasteiger charge is -2.24. The molecule has 0 aliphatic carbocycles. The van der Waals surface area contributed by atoms with E-state index in [1.54, 1.807) is 25.3 Å². The first kappa shape index (κ1) is 18.1. The zero-order chi connectivity index (χ0) is 17.8. The van der Waals surface area contributed by atoms with E-state index in [4.69, 9.17) is 27.9 Å². The van der Waals surface area contributed by atoms with Gasteiger partial charge < -0.3 is 10.1 Å². The van der Waals surface area contributed by atoms with Gasteiger partial charge in [-0.3, -0.25) is 9.69 Å². The van der Waals surface area contributed by atoms with Crippen molar-refractivity contribution in [2.24, 2.45) is 0 Å². The number of amides is 1. The highest BCUT2D eigenvalue weighted by Crippen LogP contribution is 2.33. The van der Waals surface area contributed by atoms with Crippen LogP contribution in [0.3, 0.4) is 0 Å². The number of nitrogens with one attached hydrogen (secondary N) is 1. The molecule has 1 aliphatic heterocycles. The number of rotatable bonds is 5. The SMILES string of the molecule is COc1cccc(C2CCCN2CC(=O)Nc2ccc(Cl)cc2Cl)c1. The number of likely N-dealkylation sites (tertiary alicyclic amines) is 1. The van der Waals surface area contributed by atoms with Gasteiger partial charge in [-0.25, -0.2) is 0 Å². The van der Waals surface area contributed by atoms with Crippen molar-refractivity contribution in [1.82, 2.24) is 4.90 Å². The second kappa shape index (κ2) is 8.09. The molecule has 6 heteroatoms. The third-order valence-corrected chi connectivity index (χ3v) is 4.94. The molecule has 1 unspecified atom stereocenters. The molecule has 1 atom stereocenters. The highest BCUT2D eigenvalue weighted by molar-refractivity contribution is 6.36. The zero-order valence-corrected chi connectivity index (χ0v) is 15.5. The number of halogens is 2. The van der Waals surface area contributed by atoms with Gasteiger partial charge in [-0.15, -0.1) is 0 Å². The summed E-state index contributed by atoms with van der Waals surface area (Å²) in [6, 6.07) is 13.3. The Morgan fingerprint density at radius 3 is 2.88 bits per heavy atom. The average Bonchev–Trinajstić information content (AvgIpc) is 3.05. The number of benzene rings is 2. The molecule has 0 radical (unpaired) electrons. The minimum atomic E-state index is -0.0842. The molecule has 1 aliphatic rings. The van der Waals surface area contributed by atoms with Gasteiger partial charge in [0.1, 0.15) is 5.75 Å². The van der Waals surface area contributed by atoms with Crippen LogP contribution in [0.1, 0.15) is 24.4 Å². The van der Waals surface area contributed by atoms with E-state index in [1.165, 1.54) is 5.56 Å². The first-order valence-electron chi connectivity index (χ1n) is 8.19. The Morgan fingerprint density at radius 2 is 2.12 bits per heavy atom. The summed E-state index contributed by atoms with van der Waals surface area (Å²) in [5, 5.41) is 3.84. The molecule has 4 nitrogen and oxygen atoms in total. The number of anilines is 1. The Balaban J connectivity index is 1.67. The molecule has 132 valence electrons. The summed E-state index contributed by atoms with van der Waals surface area (Å²) < 4.78 is 5.31. The van der Waals surface area contributed by atoms with Gasteiger partial charge in [0.05, 0.1) is 24.4 Å². The number of carbonyl (C=O) groups excluding carboxylic acids is 1. The maximum absolute atomic E-state index is 12.4. The Hall–Kier alpha value is -1.75. The standard InChI is InChI=1S/C19H20Cl2N2O2/c1-25-15-5-2-4-13(10-15)18-6-3-9-23(18)12-19(24)22-17-8-7-14(20)11-16(17)21/h2,4-5,7-8,10-11,18H,3,6,9,12H2,1H3,(H,22,24). The third kappa shape index (κ3) is 4.46. The summed E-state index contributed by atoms with van der Waals surface area (Å²) >= 11 is 12.0. The van der Waals surface area contributed by atoms with Gasteiger partial charge in [0, 0.05) is 11.1 Å². The molecule has 25 heavy (non-hydrogen) atoms. The molecule has 0 bridgehead atoms. The Labute approximate surface area is 157 Å². The number of ether oxygens (including phenoxy) is 1. The summed E-state index contributed by atoms with van der Waals surface area (Å²) in [4.78, 5) is 14.6. The molecular weight excluding hydrogens is 359 g/mol. The van der Waals surface area contributed by atoms with E-state index in [1.807, 2.05) is 18.2 Å². The Kier molecular flexibility index (Phi) is 5.84. The molecular formula is C19H20Cl2N2O2. The maximum Gasteiger partial charge on any atom is 0.238 e. The van der Waals surface area contributed by atoms with Crippen LogP contribution in [0.2, 0.25) is 10.0 Å². The third-order valence-electron chi connectivity index (χ3n) is 4.39. The van der Waals surface area contributed by atoms with Crippen molar-refractivity contribution >= 4 is 34.8 Å². The topological polar surface area (TPSA) is 41.6 Å². The van der Waals surface area contributed by atoms with Crippen LogP contribution in [-0.4, -0.2) is 31.0 Å². The summed E-state index contributed by atoms with van der Waals surface area (Å²) in [5.74, 6) is 0.751. The number of carbonyl (C=O) groups is 1. The fraction of sp³-hybridized carbons (Fsp3) is 0.316. The van der Waals surface area contributed by atoms with E-state index in [-0.39, 0.29) is 11.9 Å². The number of hydrogen-bond acceptors (Lipinski definition) is 3. The molecule has 2 aromatic rings. The highest BCUT2D eigenvalue weighted by Gasteiger charge is 2.27. The molecule has 1 fully saturated rings. The molecule has 0 aromatic heterocycles. The van der Waals surface area contributed by atoms with Crippen molar-refractivity contribution in [3.05, 3.63) is 58.1 Å². The van der Waals surface area contributed by atoms with Crippen LogP contribution in [0.4, 0.5) is 5.69 Å². The van der Waals surface area contributed by atoms with Gasteiger partial charge in [-0.1, -0.05) is 35.3 Å². The summed E-state index contributed by atoms with van der Waals surface area (Å²) in [7, 11) is 1.66. The lowest BCUT2D eigenvalue weighted by atomic mass is 10.0. The van der Waals surface area contributed by atoms with E-state index in [0.717, 1.165) is 25.1 Å². The van der Waals surface area contributed by atoms with E-state index >= 15 is 0 Å². The molecule has 0 saturated carbocycles. The first-order chi connectivity index (χ1) is 12.1. The van der Waals surface area contributed by atoms with Crippen molar-refractivity contribution in [3.63, 3.8) is 0 Å². The lowest BCUT2D eigenvalue weighted by Crippen LogP contribution is -2.33. The van der Waals surface area contributed by atoms with Gasteiger partial charge in [-0.2, -0.15) is 0 Å². The largest absolute Gasteiger partial charge is 0.497 e. The number of hydrogen-bond donors (Lipinski definition) is 1. The Morgan fingerprint density at radius 1 is 1.28 bits per heavy atom. The second-order valence-corrected chi connectivity index (χ2v) is 6.92. The normalized spacial score (nSPS) is 17.5. The van der Waals surface area contributed by atoms with Gasteiger partial charge in [0.2, 0.25) is 5.91 Å². The predicted molar refractivity (Wildman–Crippen MR) is 102 cm³/mol. The van der Waals surface area contributed by atoms with Crippen LogP contribution in [-0.2, 0) is 4.79 Å². The van der Waals surface area contributed by atoms with Gasteiger partial charge in [0.15, 0.2) is 0 Å². The van der Waals surface area contributed by atoms with Crippen LogP contribution >= 0.6 is 23.2 Å². The van der Waals surface area contributed by atoms with Crippen molar-refractivity contribution < 1.29 is 9.53 Å². The van der Waals surface area contributed by atoms with Crippen LogP contribution in [0.5, 0.6) is 5.75 Å². The minimum absolute atomic E-state index is 0.0842. The molecule has 2 aromatic carbocycles. The van der Waals surface area contributed by atoms with Crippen molar-refractivity contribution in [2.45, 2.75) is 18.9 Å². The fourth-order valence-corrected chi connectivity index (χ4v) is 3.66. The fourth-order valence-electron chi connectivity index (χ4n) is 3.21. The summed E-state index contributed by atoms with van der Waals surface area (Å²) in [5.41, 5.74) is 1.75. The number of nitrogens with zero attached hydrogens (tertiary/aromatic N) is 1.